The number of fused-ring (bicyclic) bond motifs is 1. The number of benzene rings is 1. The van der Waals surface area contributed by atoms with Gasteiger partial charge in [-0.1, -0.05) is 24.3 Å². The van der Waals surface area contributed by atoms with Gasteiger partial charge in [0.15, 0.2) is 0 Å². The molecule has 0 spiro atoms. The van der Waals surface area contributed by atoms with Gasteiger partial charge in [0.05, 0.1) is 5.75 Å². The van der Waals surface area contributed by atoms with E-state index in [0.717, 1.165) is 18.4 Å². The molecule has 1 aliphatic carbocycles. The molecule has 2 rings (SSSR count). The van der Waals surface area contributed by atoms with E-state index < -0.39 is 22.0 Å². The molecule has 0 aliphatic heterocycles. The molecule has 8 heteroatoms. The Bertz CT molecular complexity index is 618. The predicted octanol–water partition coefficient (Wildman–Crippen LogP) is -0.100. The molecule has 0 amide bonds. The van der Waals surface area contributed by atoms with Crippen molar-refractivity contribution in [3.63, 3.8) is 0 Å². The fraction of sp³-hybridized carbons (Fsp3) is 0.462. The van der Waals surface area contributed by atoms with Crippen molar-refractivity contribution in [2.75, 3.05) is 5.75 Å². The number of aryl methyl sites for hydroxylation is 1. The van der Waals surface area contributed by atoms with Gasteiger partial charge in [0, 0.05) is 6.04 Å². The summed E-state index contributed by atoms with van der Waals surface area (Å²) in [5, 5.41) is 8.63. The molecule has 1 unspecified atom stereocenters. The highest BCUT2D eigenvalue weighted by atomic mass is 32.2. The molecule has 1 aromatic rings. The van der Waals surface area contributed by atoms with Crippen LogP contribution in [0, 0.1) is 0 Å². The molecule has 21 heavy (non-hydrogen) atoms. The monoisotopic (exact) mass is 313 g/mol. The van der Waals surface area contributed by atoms with Crippen LogP contribution < -0.4 is 16.0 Å². The van der Waals surface area contributed by atoms with Gasteiger partial charge in [-0.05, 0) is 30.4 Å². The molecule has 0 fully saturated rings. The highest BCUT2D eigenvalue weighted by Gasteiger charge is 2.23. The molecule has 5 N–H and O–H groups in total. The maximum Gasteiger partial charge on any atom is 0.320 e. The van der Waals surface area contributed by atoms with Gasteiger partial charge in [0.25, 0.3) is 0 Å². The lowest BCUT2D eigenvalue weighted by Gasteiger charge is -2.15. The maximum absolute atomic E-state index is 11.8. The number of hydrogen-bond donors (Lipinski definition) is 4. The van der Waals surface area contributed by atoms with Crippen LogP contribution in [0.4, 0.5) is 0 Å². The third kappa shape index (κ3) is 4.24. The van der Waals surface area contributed by atoms with Gasteiger partial charge in [-0.15, -0.1) is 0 Å². The summed E-state index contributed by atoms with van der Waals surface area (Å²) >= 11 is 0. The average Bonchev–Trinajstić information content (AvgIpc) is 2.86. The van der Waals surface area contributed by atoms with E-state index in [4.69, 9.17) is 10.8 Å². The first kappa shape index (κ1) is 15.9. The van der Waals surface area contributed by atoms with E-state index in [1.54, 1.807) is 0 Å². The van der Waals surface area contributed by atoms with Crippen LogP contribution in [0.1, 0.15) is 30.0 Å². The average molecular weight is 313 g/mol. The molecule has 7 nitrogen and oxygen atoms in total. The van der Waals surface area contributed by atoms with Crippen LogP contribution in [0.3, 0.4) is 0 Å². The Morgan fingerprint density at radius 2 is 2.14 bits per heavy atom. The summed E-state index contributed by atoms with van der Waals surface area (Å²) in [6.07, 6.45) is 1.59. The van der Waals surface area contributed by atoms with Crippen molar-refractivity contribution in [3.05, 3.63) is 35.4 Å². The molecular weight excluding hydrogens is 294 g/mol. The number of nitrogens with one attached hydrogen (secondary N) is 2. The second-order valence-corrected chi connectivity index (χ2v) is 6.93. The molecule has 0 radical (unpaired) electrons. The number of hydrazine groups is 1. The van der Waals surface area contributed by atoms with Crippen LogP contribution in [0.15, 0.2) is 24.3 Å². The largest absolute Gasteiger partial charge is 0.480 e. The summed E-state index contributed by atoms with van der Waals surface area (Å²) in [4.78, 5) is 12.9. The lowest BCUT2D eigenvalue weighted by Crippen LogP contribution is -2.42. The SMILES string of the molecule is N[C@@H](CCS(=O)(=O)NNC1CCc2ccccc21)C(=O)O. The van der Waals surface area contributed by atoms with E-state index in [1.165, 1.54) is 5.56 Å². The van der Waals surface area contributed by atoms with Crippen LogP contribution in [-0.4, -0.2) is 31.3 Å². The van der Waals surface area contributed by atoms with Crippen LogP contribution in [0.25, 0.3) is 0 Å². The summed E-state index contributed by atoms with van der Waals surface area (Å²) < 4.78 is 23.6. The summed E-state index contributed by atoms with van der Waals surface area (Å²) in [6, 6.07) is 6.63. The van der Waals surface area contributed by atoms with E-state index in [1.807, 2.05) is 24.3 Å². The zero-order chi connectivity index (χ0) is 15.5. The van der Waals surface area contributed by atoms with Crippen LogP contribution in [-0.2, 0) is 21.2 Å². The summed E-state index contributed by atoms with van der Waals surface area (Å²) in [5.41, 5.74) is 10.4. The second kappa shape index (κ2) is 6.52. The van der Waals surface area contributed by atoms with Crippen LogP contribution in [0.5, 0.6) is 0 Å². The van der Waals surface area contributed by atoms with Gasteiger partial charge in [0.2, 0.25) is 10.0 Å². The zero-order valence-corrected chi connectivity index (χ0v) is 12.3. The van der Waals surface area contributed by atoms with E-state index >= 15 is 0 Å². The third-order valence-electron chi connectivity index (χ3n) is 3.54. The fourth-order valence-electron chi connectivity index (χ4n) is 2.32. The number of hydrogen-bond acceptors (Lipinski definition) is 5. The lowest BCUT2D eigenvalue weighted by molar-refractivity contribution is -0.138. The van der Waals surface area contributed by atoms with Gasteiger partial charge < -0.3 is 10.8 Å². The van der Waals surface area contributed by atoms with Crippen molar-refractivity contribution < 1.29 is 18.3 Å². The number of rotatable bonds is 7. The minimum absolute atomic E-state index is 0.0656. The number of carboxylic acid groups (broad SMARTS) is 1. The molecule has 2 atom stereocenters. The van der Waals surface area contributed by atoms with Crippen molar-refractivity contribution in [2.24, 2.45) is 5.73 Å². The Labute approximate surface area is 123 Å². The van der Waals surface area contributed by atoms with Gasteiger partial charge in [0.1, 0.15) is 6.04 Å². The highest BCUT2D eigenvalue weighted by Crippen LogP contribution is 2.30. The Balaban J connectivity index is 1.87. The molecule has 0 saturated carbocycles. The summed E-state index contributed by atoms with van der Waals surface area (Å²) in [5.74, 6) is -1.54. The third-order valence-corrected chi connectivity index (χ3v) is 4.74. The van der Waals surface area contributed by atoms with E-state index in [9.17, 15) is 13.2 Å². The Morgan fingerprint density at radius 3 is 2.86 bits per heavy atom. The number of aliphatic carboxylic acids is 1. The fourth-order valence-corrected chi connectivity index (χ4v) is 3.31. The van der Waals surface area contributed by atoms with Gasteiger partial charge >= 0.3 is 5.97 Å². The molecule has 0 aromatic heterocycles. The molecule has 0 bridgehead atoms. The van der Waals surface area contributed by atoms with E-state index in [2.05, 4.69) is 10.3 Å². The highest BCUT2D eigenvalue weighted by molar-refractivity contribution is 7.89. The van der Waals surface area contributed by atoms with Crippen molar-refractivity contribution in [3.8, 4) is 0 Å². The molecule has 1 aromatic carbocycles. The Kier molecular flexibility index (Phi) is 4.94. The van der Waals surface area contributed by atoms with Crippen LogP contribution >= 0.6 is 0 Å². The van der Waals surface area contributed by atoms with Crippen molar-refractivity contribution in [1.82, 2.24) is 10.3 Å². The minimum atomic E-state index is -3.60. The molecule has 0 saturated heterocycles. The standard InChI is InChI=1S/C13H19N3O4S/c14-11(13(17)18)7-8-21(19,20)16-15-12-6-5-9-3-1-2-4-10(9)12/h1-4,11-12,15-16H,5-8,14H2,(H,17,18)/t11-,12?/m0/s1. The van der Waals surface area contributed by atoms with Crippen molar-refractivity contribution in [1.29, 1.82) is 0 Å². The normalized spacial score (nSPS) is 19.2. The van der Waals surface area contributed by atoms with Crippen molar-refractivity contribution in [2.45, 2.75) is 31.3 Å². The van der Waals surface area contributed by atoms with Crippen LogP contribution in [0.2, 0.25) is 0 Å². The predicted molar refractivity (Wildman–Crippen MR) is 77.8 cm³/mol. The first-order chi connectivity index (χ1) is 9.89. The smallest absolute Gasteiger partial charge is 0.320 e. The van der Waals surface area contributed by atoms with Gasteiger partial charge in [-0.3, -0.25) is 4.79 Å². The topological polar surface area (TPSA) is 122 Å². The zero-order valence-electron chi connectivity index (χ0n) is 11.5. The molecule has 0 heterocycles. The first-order valence-electron chi connectivity index (χ1n) is 6.70. The molecule has 116 valence electrons. The molecule has 1 aliphatic rings. The Morgan fingerprint density at radius 1 is 1.43 bits per heavy atom. The number of carboxylic acids is 1. The minimum Gasteiger partial charge on any atom is -0.480 e. The maximum atomic E-state index is 11.8. The summed E-state index contributed by atoms with van der Waals surface area (Å²) in [7, 11) is -3.60. The van der Waals surface area contributed by atoms with E-state index in [0.29, 0.717) is 0 Å². The summed E-state index contributed by atoms with van der Waals surface area (Å²) in [6.45, 7) is 0. The second-order valence-electron chi connectivity index (χ2n) is 5.09. The number of nitrogens with two attached hydrogens (primary N) is 1. The van der Waals surface area contributed by atoms with Gasteiger partial charge in [-0.25, -0.2) is 13.8 Å². The quantitative estimate of drug-likeness (QED) is 0.522. The number of sulfonamides is 1. The van der Waals surface area contributed by atoms with E-state index in [-0.39, 0.29) is 18.2 Å². The van der Waals surface area contributed by atoms with Crippen molar-refractivity contribution >= 4 is 16.0 Å². The molecular formula is C13H19N3O4S. The number of carbonyl (C=O) groups is 1. The Hall–Kier alpha value is -1.48. The first-order valence-corrected chi connectivity index (χ1v) is 8.35. The lowest BCUT2D eigenvalue weighted by atomic mass is 10.1. The van der Waals surface area contributed by atoms with Gasteiger partial charge in [-0.2, -0.15) is 4.83 Å².